The molecule has 0 saturated heterocycles. The van der Waals surface area contributed by atoms with Crippen LogP contribution in [0.2, 0.25) is 0 Å². The number of carbonyl (C=O) groups is 1. The molecule has 0 saturated carbocycles. The second-order valence-electron chi connectivity index (χ2n) is 2.50. The molecule has 3 nitrogen and oxygen atoms in total. The molecule has 0 radical (unpaired) electrons. The fourth-order valence-electron chi connectivity index (χ4n) is 0.940. The zero-order chi connectivity index (χ0) is 10.6. The number of carbonyl (C=O) groups excluding carboxylic acids is 1. The lowest BCUT2D eigenvalue weighted by molar-refractivity contribution is -0.255. The highest BCUT2D eigenvalue weighted by Gasteiger charge is 2.05. The summed E-state index contributed by atoms with van der Waals surface area (Å²) in [5, 5.41) is 10.6. The smallest absolute Gasteiger partial charge is 0.131 e. The van der Waals surface area contributed by atoms with Crippen molar-refractivity contribution < 1.29 is 19.0 Å². The molecule has 0 heterocycles. The molecule has 14 heavy (non-hydrogen) atoms. The molecule has 5 heteroatoms. The molecule has 0 aromatic heterocycles. The van der Waals surface area contributed by atoms with E-state index in [1.807, 2.05) is 0 Å². The first-order valence-electron chi connectivity index (χ1n) is 3.89. The average Bonchev–Trinajstić information content (AvgIpc) is 2.14. The molecule has 0 aliphatic rings. The lowest BCUT2D eigenvalue weighted by Crippen LogP contribution is -2.23. The van der Waals surface area contributed by atoms with Crippen LogP contribution in [0.3, 0.4) is 0 Å². The molecule has 0 aliphatic carbocycles. The summed E-state index contributed by atoms with van der Waals surface area (Å²) in [5.74, 6) is -1.55. The van der Waals surface area contributed by atoms with Crippen molar-refractivity contribution in [1.82, 2.24) is 0 Å². The first-order chi connectivity index (χ1) is 6.65. The predicted molar refractivity (Wildman–Crippen MR) is 50.1 cm³/mol. The highest BCUT2D eigenvalue weighted by molar-refractivity contribution is 7.80. The Morgan fingerprint density at radius 2 is 2.29 bits per heavy atom. The van der Waals surface area contributed by atoms with Crippen molar-refractivity contribution in [1.29, 1.82) is 0 Å². The van der Waals surface area contributed by atoms with Crippen LogP contribution in [0.15, 0.2) is 18.2 Å². The normalized spacial score (nSPS) is 9.86. The number of aromatic carboxylic acids is 1. The van der Waals surface area contributed by atoms with E-state index in [4.69, 9.17) is 4.74 Å². The number of thiol groups is 1. The van der Waals surface area contributed by atoms with E-state index in [1.165, 1.54) is 0 Å². The Hall–Kier alpha value is -1.23. The summed E-state index contributed by atoms with van der Waals surface area (Å²) in [6, 6.07) is 3.16. The van der Waals surface area contributed by atoms with Crippen molar-refractivity contribution in [3.05, 3.63) is 29.6 Å². The van der Waals surface area contributed by atoms with Gasteiger partial charge in [-0.05, 0) is 12.1 Å². The van der Waals surface area contributed by atoms with Gasteiger partial charge >= 0.3 is 0 Å². The first-order valence-corrected chi connectivity index (χ1v) is 4.53. The number of benzene rings is 1. The topological polar surface area (TPSA) is 49.4 Å². The minimum absolute atomic E-state index is 0.0287. The van der Waals surface area contributed by atoms with Gasteiger partial charge in [0, 0.05) is 17.4 Å². The largest absolute Gasteiger partial charge is 0.545 e. The molecule has 1 aromatic carbocycles. The highest BCUT2D eigenvalue weighted by atomic mass is 32.1. The Balaban J connectivity index is 2.97. The van der Waals surface area contributed by atoms with E-state index < -0.39 is 11.8 Å². The van der Waals surface area contributed by atoms with Gasteiger partial charge in [0.15, 0.2) is 0 Å². The van der Waals surface area contributed by atoms with Crippen LogP contribution < -0.4 is 9.84 Å². The van der Waals surface area contributed by atoms with Crippen LogP contribution >= 0.6 is 12.6 Å². The Labute approximate surface area is 85.9 Å². The Morgan fingerprint density at radius 1 is 1.57 bits per heavy atom. The molecular weight excluding hydrogens is 207 g/mol. The molecule has 76 valence electrons. The quantitative estimate of drug-likeness (QED) is 0.744. The number of carboxylic acids is 1. The Bertz CT molecular complexity index is 341. The van der Waals surface area contributed by atoms with E-state index in [9.17, 15) is 14.3 Å². The van der Waals surface area contributed by atoms with Gasteiger partial charge in [-0.2, -0.15) is 12.6 Å². The van der Waals surface area contributed by atoms with Gasteiger partial charge in [0.05, 0.1) is 12.6 Å². The third kappa shape index (κ3) is 2.63. The number of rotatable bonds is 4. The standard InChI is InChI=1S/C9H9FO3S/c10-6-1-2-7(9(11)12)8(5-6)13-3-4-14/h1-2,5,14H,3-4H2,(H,11,12)/p-1. The summed E-state index contributed by atoms with van der Waals surface area (Å²) in [7, 11) is 0. The number of ether oxygens (including phenoxy) is 1. The summed E-state index contributed by atoms with van der Waals surface area (Å²) >= 11 is 3.88. The molecule has 0 amide bonds. The summed E-state index contributed by atoms with van der Waals surface area (Å²) in [6.07, 6.45) is 0. The van der Waals surface area contributed by atoms with Gasteiger partial charge in [-0.1, -0.05) is 0 Å². The van der Waals surface area contributed by atoms with Crippen molar-refractivity contribution >= 4 is 18.6 Å². The molecule has 0 spiro atoms. The van der Waals surface area contributed by atoms with E-state index >= 15 is 0 Å². The lowest BCUT2D eigenvalue weighted by atomic mass is 10.2. The number of carboxylic acid groups (broad SMARTS) is 1. The molecule has 1 rings (SSSR count). The van der Waals surface area contributed by atoms with Crippen molar-refractivity contribution in [3.63, 3.8) is 0 Å². The van der Waals surface area contributed by atoms with Crippen molar-refractivity contribution in [2.24, 2.45) is 0 Å². The molecule has 0 aliphatic heterocycles. The van der Waals surface area contributed by atoms with E-state index in [1.54, 1.807) is 0 Å². The van der Waals surface area contributed by atoms with Crippen LogP contribution in [0.5, 0.6) is 5.75 Å². The summed E-state index contributed by atoms with van der Waals surface area (Å²) < 4.78 is 17.7. The van der Waals surface area contributed by atoms with Gasteiger partial charge < -0.3 is 14.6 Å². The van der Waals surface area contributed by atoms with Crippen LogP contribution in [0.1, 0.15) is 10.4 Å². The zero-order valence-corrected chi connectivity index (χ0v) is 8.09. The van der Waals surface area contributed by atoms with Crippen LogP contribution in [0.25, 0.3) is 0 Å². The Kier molecular flexibility index (Phi) is 3.76. The second-order valence-corrected chi connectivity index (χ2v) is 2.95. The van der Waals surface area contributed by atoms with Crippen molar-refractivity contribution in [3.8, 4) is 5.75 Å². The van der Waals surface area contributed by atoms with Crippen LogP contribution in [0, 0.1) is 5.82 Å². The summed E-state index contributed by atoms with van der Waals surface area (Å²) in [5.41, 5.74) is -0.159. The minimum Gasteiger partial charge on any atom is -0.545 e. The fourth-order valence-corrected chi connectivity index (χ4v) is 1.03. The third-order valence-corrected chi connectivity index (χ3v) is 1.69. The van der Waals surface area contributed by atoms with Crippen molar-refractivity contribution in [2.45, 2.75) is 0 Å². The predicted octanol–water partition coefficient (Wildman–Crippen LogP) is 0.498. The monoisotopic (exact) mass is 215 g/mol. The van der Waals surface area contributed by atoms with Gasteiger partial charge in [-0.15, -0.1) is 0 Å². The number of halogens is 1. The van der Waals surface area contributed by atoms with Gasteiger partial charge in [0.2, 0.25) is 0 Å². The molecule has 0 unspecified atom stereocenters. The van der Waals surface area contributed by atoms with Gasteiger partial charge in [-0.25, -0.2) is 4.39 Å². The van der Waals surface area contributed by atoms with E-state index in [2.05, 4.69) is 12.6 Å². The fraction of sp³-hybridized carbons (Fsp3) is 0.222. The molecule has 0 bridgehead atoms. The molecule has 0 fully saturated rings. The van der Waals surface area contributed by atoms with Crippen LogP contribution in [0.4, 0.5) is 4.39 Å². The van der Waals surface area contributed by atoms with E-state index in [-0.39, 0.29) is 17.9 Å². The SMILES string of the molecule is O=C([O-])c1ccc(F)cc1OCCS. The highest BCUT2D eigenvalue weighted by Crippen LogP contribution is 2.19. The van der Waals surface area contributed by atoms with E-state index in [0.717, 1.165) is 18.2 Å². The van der Waals surface area contributed by atoms with Crippen LogP contribution in [-0.2, 0) is 0 Å². The van der Waals surface area contributed by atoms with Gasteiger partial charge in [0.25, 0.3) is 0 Å². The van der Waals surface area contributed by atoms with Gasteiger partial charge in [-0.3, -0.25) is 0 Å². The maximum absolute atomic E-state index is 12.7. The summed E-state index contributed by atoms with van der Waals surface area (Å²) in [6.45, 7) is 0.215. The third-order valence-electron chi connectivity index (χ3n) is 1.51. The summed E-state index contributed by atoms with van der Waals surface area (Å²) in [4.78, 5) is 10.6. The maximum Gasteiger partial charge on any atom is 0.131 e. The van der Waals surface area contributed by atoms with Crippen LogP contribution in [-0.4, -0.2) is 18.3 Å². The van der Waals surface area contributed by atoms with E-state index in [0.29, 0.717) is 5.75 Å². The molecule has 0 N–H and O–H groups in total. The molecule has 1 aromatic rings. The van der Waals surface area contributed by atoms with Gasteiger partial charge in [0.1, 0.15) is 11.6 Å². The minimum atomic E-state index is -1.39. The average molecular weight is 215 g/mol. The Morgan fingerprint density at radius 3 is 2.86 bits per heavy atom. The first kappa shape index (κ1) is 10.8. The maximum atomic E-state index is 12.7. The lowest BCUT2D eigenvalue weighted by Gasteiger charge is -2.11. The number of hydrogen-bond acceptors (Lipinski definition) is 4. The number of hydrogen-bond donors (Lipinski definition) is 1. The van der Waals surface area contributed by atoms with Crippen molar-refractivity contribution in [2.75, 3.05) is 12.4 Å². The molecule has 0 atom stereocenters. The zero-order valence-electron chi connectivity index (χ0n) is 7.20. The molecular formula is C9H8FO3S-. The second kappa shape index (κ2) is 4.85.